The first kappa shape index (κ1) is 27.9. The molecule has 0 radical (unpaired) electrons. The van der Waals surface area contributed by atoms with Crippen molar-refractivity contribution in [2.75, 3.05) is 0 Å². The van der Waals surface area contributed by atoms with Crippen LogP contribution in [0.2, 0.25) is 0 Å². The molecule has 0 aliphatic rings. The lowest BCUT2D eigenvalue weighted by molar-refractivity contribution is 1.20. The van der Waals surface area contributed by atoms with Gasteiger partial charge >= 0.3 is 0 Å². The Balaban J connectivity index is 1.23. The Kier molecular flexibility index (Phi) is 5.77. The molecule has 11 rings (SSSR count). The van der Waals surface area contributed by atoms with E-state index < -0.39 is 0 Å². The Labute approximate surface area is 294 Å². The van der Waals surface area contributed by atoms with Crippen molar-refractivity contribution in [2.24, 2.45) is 0 Å². The number of nitriles is 1. The Bertz CT molecular complexity index is 3260. The fourth-order valence-corrected chi connectivity index (χ4v) is 8.80. The Morgan fingerprint density at radius 2 is 0.863 bits per heavy atom. The van der Waals surface area contributed by atoms with Gasteiger partial charge in [-0.25, -0.2) is 0 Å². The predicted octanol–water partition coefficient (Wildman–Crippen LogP) is 13.2. The van der Waals surface area contributed by atoms with Crippen LogP contribution in [0.5, 0.6) is 0 Å². The highest BCUT2D eigenvalue weighted by Gasteiger charge is 2.23. The van der Waals surface area contributed by atoms with E-state index in [9.17, 15) is 5.26 Å². The summed E-state index contributed by atoms with van der Waals surface area (Å²) >= 11 is 0. The van der Waals surface area contributed by atoms with Gasteiger partial charge in [-0.15, -0.1) is 0 Å². The van der Waals surface area contributed by atoms with Crippen LogP contribution in [-0.2, 0) is 0 Å². The minimum Gasteiger partial charge on any atom is -0.309 e. The van der Waals surface area contributed by atoms with Crippen LogP contribution in [0.3, 0.4) is 0 Å². The molecule has 234 valence electrons. The van der Waals surface area contributed by atoms with Crippen molar-refractivity contribution >= 4 is 75.7 Å². The third kappa shape index (κ3) is 3.86. The second kappa shape index (κ2) is 10.5. The Morgan fingerprint density at radius 1 is 0.353 bits per heavy atom. The third-order valence-electron chi connectivity index (χ3n) is 11.0. The molecule has 0 N–H and O–H groups in total. The summed E-state index contributed by atoms with van der Waals surface area (Å²) < 4.78 is 2.42. The van der Waals surface area contributed by atoms with Crippen LogP contribution in [0.25, 0.3) is 104 Å². The van der Waals surface area contributed by atoms with E-state index in [0.29, 0.717) is 5.56 Å². The molecule has 0 fully saturated rings. The van der Waals surface area contributed by atoms with Crippen molar-refractivity contribution in [2.45, 2.75) is 0 Å². The number of aromatic nitrogens is 1. The monoisotopic (exact) mass is 644 g/mol. The van der Waals surface area contributed by atoms with Crippen molar-refractivity contribution < 1.29 is 0 Å². The molecular formula is C49H28N2. The van der Waals surface area contributed by atoms with Gasteiger partial charge in [0.05, 0.1) is 28.4 Å². The van der Waals surface area contributed by atoms with Crippen LogP contribution in [0.15, 0.2) is 170 Å². The van der Waals surface area contributed by atoms with E-state index in [4.69, 9.17) is 0 Å². The molecule has 0 spiro atoms. The fraction of sp³-hybridized carbons (Fsp3) is 0. The summed E-state index contributed by atoms with van der Waals surface area (Å²) in [6.07, 6.45) is 0. The van der Waals surface area contributed by atoms with Gasteiger partial charge in [0.2, 0.25) is 0 Å². The number of benzene rings is 10. The molecule has 2 heteroatoms. The van der Waals surface area contributed by atoms with E-state index in [1.54, 1.807) is 0 Å². The summed E-state index contributed by atoms with van der Waals surface area (Å²) in [5, 5.41) is 24.6. The standard InChI is InChI=1S/C49H28N2/c50-29-32-20-26-45-48-35(32)21-24-44-42(41-23-22-40(38-16-5-6-17-39(38)41)36-19-9-12-30-10-1-3-13-33(30)36)25-27-46(49(44)48)51(45)47-28-31-11-2-4-14-34(31)37-15-7-8-18-43(37)47/h1-28H. The summed E-state index contributed by atoms with van der Waals surface area (Å²) in [6, 6.07) is 63.9. The van der Waals surface area contributed by atoms with E-state index in [1.807, 2.05) is 6.07 Å². The van der Waals surface area contributed by atoms with Crippen LogP contribution in [0.4, 0.5) is 0 Å². The van der Waals surface area contributed by atoms with E-state index >= 15 is 0 Å². The van der Waals surface area contributed by atoms with E-state index in [1.165, 1.54) is 76.1 Å². The maximum Gasteiger partial charge on any atom is 0.0998 e. The van der Waals surface area contributed by atoms with Crippen LogP contribution < -0.4 is 0 Å². The van der Waals surface area contributed by atoms with E-state index in [-0.39, 0.29) is 0 Å². The van der Waals surface area contributed by atoms with Gasteiger partial charge in [0, 0.05) is 21.5 Å². The van der Waals surface area contributed by atoms with Crippen molar-refractivity contribution in [3.8, 4) is 34.0 Å². The highest BCUT2D eigenvalue weighted by molar-refractivity contribution is 6.29. The smallest absolute Gasteiger partial charge is 0.0998 e. The number of hydrogen-bond donors (Lipinski definition) is 0. The molecule has 10 aromatic carbocycles. The minimum absolute atomic E-state index is 0.696. The summed E-state index contributed by atoms with van der Waals surface area (Å²) in [4.78, 5) is 0. The Morgan fingerprint density at radius 3 is 1.61 bits per heavy atom. The molecule has 0 bridgehead atoms. The molecule has 0 atom stereocenters. The highest BCUT2D eigenvalue weighted by Crippen LogP contribution is 2.47. The summed E-state index contributed by atoms with van der Waals surface area (Å²) in [5.74, 6) is 0. The molecule has 0 amide bonds. The zero-order valence-corrected chi connectivity index (χ0v) is 27.6. The molecule has 0 saturated carbocycles. The van der Waals surface area contributed by atoms with Crippen molar-refractivity contribution in [1.82, 2.24) is 4.57 Å². The molecule has 0 aliphatic carbocycles. The molecule has 0 unspecified atom stereocenters. The molecular weight excluding hydrogens is 617 g/mol. The van der Waals surface area contributed by atoms with Crippen LogP contribution >= 0.6 is 0 Å². The molecule has 2 nitrogen and oxygen atoms in total. The van der Waals surface area contributed by atoms with Gasteiger partial charge in [0.25, 0.3) is 0 Å². The highest BCUT2D eigenvalue weighted by atomic mass is 15.0. The van der Waals surface area contributed by atoms with Gasteiger partial charge in [-0.1, -0.05) is 146 Å². The van der Waals surface area contributed by atoms with Crippen LogP contribution in [0, 0.1) is 11.3 Å². The van der Waals surface area contributed by atoms with Crippen molar-refractivity contribution in [3.05, 3.63) is 175 Å². The predicted molar refractivity (Wildman–Crippen MR) is 215 cm³/mol. The zero-order valence-electron chi connectivity index (χ0n) is 27.6. The van der Waals surface area contributed by atoms with Gasteiger partial charge in [0.15, 0.2) is 0 Å². The summed E-state index contributed by atoms with van der Waals surface area (Å²) in [7, 11) is 0. The average molecular weight is 645 g/mol. The van der Waals surface area contributed by atoms with Crippen molar-refractivity contribution in [1.29, 1.82) is 5.26 Å². The van der Waals surface area contributed by atoms with Crippen LogP contribution in [0.1, 0.15) is 5.56 Å². The minimum atomic E-state index is 0.696. The SMILES string of the molecule is N#Cc1ccc2c3c1ccc1c(-c4ccc(-c5cccc6ccccc56)c5ccccc45)ccc(c13)n2-c1cc2ccccc2c2ccccc12. The second-order valence-electron chi connectivity index (χ2n) is 13.5. The first-order valence-corrected chi connectivity index (χ1v) is 17.4. The van der Waals surface area contributed by atoms with Gasteiger partial charge < -0.3 is 4.57 Å². The first-order valence-electron chi connectivity index (χ1n) is 17.4. The van der Waals surface area contributed by atoms with Gasteiger partial charge in [0.1, 0.15) is 0 Å². The van der Waals surface area contributed by atoms with Crippen LogP contribution in [-0.4, -0.2) is 4.57 Å². The molecule has 0 saturated heterocycles. The first-order chi connectivity index (χ1) is 25.3. The number of nitrogens with zero attached hydrogens (tertiary/aromatic N) is 2. The lowest BCUT2D eigenvalue weighted by atomic mass is 9.88. The number of fused-ring (bicyclic) bond motifs is 5. The van der Waals surface area contributed by atoms with Gasteiger partial charge in [-0.3, -0.25) is 0 Å². The number of hydrogen-bond acceptors (Lipinski definition) is 1. The molecule has 11 aromatic rings. The van der Waals surface area contributed by atoms with Gasteiger partial charge in [-0.05, 0) is 89.6 Å². The second-order valence-corrected chi connectivity index (χ2v) is 13.5. The van der Waals surface area contributed by atoms with Crippen molar-refractivity contribution in [3.63, 3.8) is 0 Å². The maximum absolute atomic E-state index is 10.2. The van der Waals surface area contributed by atoms with E-state index in [2.05, 4.69) is 174 Å². The third-order valence-corrected chi connectivity index (χ3v) is 11.0. The fourth-order valence-electron chi connectivity index (χ4n) is 8.80. The molecule has 1 heterocycles. The summed E-state index contributed by atoms with van der Waals surface area (Å²) in [6.45, 7) is 0. The Hall–Kier alpha value is -6.95. The molecule has 1 aromatic heterocycles. The lowest BCUT2D eigenvalue weighted by Crippen LogP contribution is -1.96. The maximum atomic E-state index is 10.2. The zero-order chi connectivity index (χ0) is 33.6. The summed E-state index contributed by atoms with van der Waals surface area (Å²) in [5.41, 5.74) is 8.96. The molecule has 0 aliphatic heterocycles. The average Bonchev–Trinajstić information content (AvgIpc) is 3.54. The molecule has 51 heavy (non-hydrogen) atoms. The quantitative estimate of drug-likeness (QED) is 0.176. The largest absolute Gasteiger partial charge is 0.309 e. The number of rotatable bonds is 3. The topological polar surface area (TPSA) is 28.7 Å². The normalized spacial score (nSPS) is 11.9. The van der Waals surface area contributed by atoms with Gasteiger partial charge in [-0.2, -0.15) is 5.26 Å². The lowest BCUT2D eigenvalue weighted by Gasteiger charge is -2.16. The van der Waals surface area contributed by atoms with E-state index in [0.717, 1.165) is 27.5 Å².